The lowest BCUT2D eigenvalue weighted by Gasteiger charge is -2.14. The van der Waals surface area contributed by atoms with Crippen LogP contribution in [0.1, 0.15) is 10.4 Å². The van der Waals surface area contributed by atoms with E-state index in [0.717, 1.165) is 0 Å². The fourth-order valence-corrected chi connectivity index (χ4v) is 3.02. The van der Waals surface area contributed by atoms with Crippen LogP contribution in [-0.4, -0.2) is 20.1 Å². The van der Waals surface area contributed by atoms with Gasteiger partial charge in [0, 0.05) is 5.56 Å². The number of ether oxygens (including phenoxy) is 3. The average Bonchev–Trinajstić information content (AvgIpc) is 2.70. The summed E-state index contributed by atoms with van der Waals surface area (Å²) in [7, 11) is 3.06. The number of hydrogen-bond acceptors (Lipinski definition) is 4. The van der Waals surface area contributed by atoms with E-state index in [1.807, 2.05) is 42.5 Å². The van der Waals surface area contributed by atoms with Gasteiger partial charge in [0.15, 0.2) is 5.75 Å². The molecule has 0 spiro atoms. The summed E-state index contributed by atoms with van der Waals surface area (Å²) in [5.74, 6) is 1.95. The van der Waals surface area contributed by atoms with E-state index in [4.69, 9.17) is 14.2 Å². The quantitative estimate of drug-likeness (QED) is 0.563. The molecule has 0 radical (unpaired) electrons. The summed E-state index contributed by atoms with van der Waals surface area (Å²) < 4.78 is 17.1. The minimum absolute atomic E-state index is 0.303. The number of amides is 1. The monoisotopic (exact) mass is 427 g/mol. The normalized spacial score (nSPS) is 10.2. The van der Waals surface area contributed by atoms with Crippen molar-refractivity contribution < 1.29 is 19.0 Å². The van der Waals surface area contributed by atoms with Gasteiger partial charge in [-0.3, -0.25) is 4.79 Å². The second-order valence-electron chi connectivity index (χ2n) is 5.56. The van der Waals surface area contributed by atoms with Crippen LogP contribution in [0.15, 0.2) is 71.2 Å². The fraction of sp³-hybridized carbons (Fsp3) is 0.0952. The number of hydrogen-bond donors (Lipinski definition) is 1. The molecular formula is C21H18BrNO4. The second-order valence-corrected chi connectivity index (χ2v) is 6.35. The van der Waals surface area contributed by atoms with Crippen molar-refractivity contribution in [2.24, 2.45) is 0 Å². The summed E-state index contributed by atoms with van der Waals surface area (Å²) in [5, 5.41) is 2.88. The Labute approximate surface area is 166 Å². The molecule has 0 aliphatic heterocycles. The van der Waals surface area contributed by atoms with Crippen molar-refractivity contribution in [1.29, 1.82) is 0 Å². The van der Waals surface area contributed by atoms with Crippen LogP contribution < -0.4 is 19.5 Å². The molecule has 3 aromatic rings. The summed E-state index contributed by atoms with van der Waals surface area (Å²) in [4.78, 5) is 12.8. The highest BCUT2D eigenvalue weighted by Gasteiger charge is 2.16. The predicted octanol–water partition coefficient (Wildman–Crippen LogP) is 5.51. The van der Waals surface area contributed by atoms with E-state index in [2.05, 4.69) is 21.2 Å². The van der Waals surface area contributed by atoms with Gasteiger partial charge in [-0.2, -0.15) is 0 Å². The molecule has 0 aromatic heterocycles. The van der Waals surface area contributed by atoms with E-state index in [0.29, 0.717) is 38.7 Å². The molecule has 0 aliphatic carbocycles. The summed E-state index contributed by atoms with van der Waals surface area (Å²) in [5.41, 5.74) is 0.966. The van der Waals surface area contributed by atoms with E-state index in [1.165, 1.54) is 14.2 Å². The third-order valence-electron chi connectivity index (χ3n) is 3.81. The van der Waals surface area contributed by atoms with Crippen LogP contribution in [0.2, 0.25) is 0 Å². The minimum Gasteiger partial charge on any atom is -0.495 e. The van der Waals surface area contributed by atoms with Gasteiger partial charge in [0.25, 0.3) is 5.91 Å². The standard InChI is InChI=1S/C21H18BrNO4/c1-25-18-12-14(13-19(26-2)20(18)22)21(24)23-16-10-6-7-11-17(16)27-15-8-4-3-5-9-15/h3-13H,1-2H3,(H,23,24). The number of anilines is 1. The van der Waals surface area contributed by atoms with Gasteiger partial charge >= 0.3 is 0 Å². The predicted molar refractivity (Wildman–Crippen MR) is 108 cm³/mol. The molecule has 1 N–H and O–H groups in total. The third kappa shape index (κ3) is 4.41. The number of para-hydroxylation sites is 3. The molecule has 0 fully saturated rings. The molecule has 1 amide bonds. The van der Waals surface area contributed by atoms with Crippen LogP contribution in [0.5, 0.6) is 23.0 Å². The van der Waals surface area contributed by atoms with Crippen molar-refractivity contribution in [3.63, 3.8) is 0 Å². The van der Waals surface area contributed by atoms with Crippen molar-refractivity contribution in [2.75, 3.05) is 19.5 Å². The maximum atomic E-state index is 12.8. The zero-order valence-corrected chi connectivity index (χ0v) is 16.4. The summed E-state index contributed by atoms with van der Waals surface area (Å²) >= 11 is 3.40. The number of rotatable bonds is 6. The summed E-state index contributed by atoms with van der Waals surface area (Å²) in [6.07, 6.45) is 0. The first-order valence-corrected chi connectivity index (χ1v) is 8.96. The van der Waals surface area contributed by atoms with Gasteiger partial charge in [-0.15, -0.1) is 0 Å². The number of halogens is 1. The number of carbonyl (C=O) groups is 1. The maximum Gasteiger partial charge on any atom is 0.256 e. The van der Waals surface area contributed by atoms with Crippen LogP contribution >= 0.6 is 15.9 Å². The first-order valence-electron chi connectivity index (χ1n) is 8.17. The highest BCUT2D eigenvalue weighted by Crippen LogP contribution is 2.36. The average molecular weight is 428 g/mol. The van der Waals surface area contributed by atoms with Crippen LogP contribution in [-0.2, 0) is 0 Å². The smallest absolute Gasteiger partial charge is 0.256 e. The van der Waals surface area contributed by atoms with E-state index in [1.54, 1.807) is 24.3 Å². The fourth-order valence-electron chi connectivity index (χ4n) is 2.47. The summed E-state index contributed by atoms with van der Waals surface area (Å²) in [6.45, 7) is 0. The summed E-state index contributed by atoms with van der Waals surface area (Å²) in [6, 6.07) is 19.9. The Hall–Kier alpha value is -2.99. The largest absolute Gasteiger partial charge is 0.495 e. The molecule has 6 heteroatoms. The van der Waals surface area contributed by atoms with Crippen LogP contribution in [0, 0.1) is 0 Å². The topological polar surface area (TPSA) is 56.8 Å². The van der Waals surface area contributed by atoms with E-state index in [-0.39, 0.29) is 5.91 Å². The zero-order chi connectivity index (χ0) is 19.2. The van der Waals surface area contributed by atoms with Gasteiger partial charge < -0.3 is 19.5 Å². The zero-order valence-electron chi connectivity index (χ0n) is 14.9. The lowest BCUT2D eigenvalue weighted by molar-refractivity contribution is 0.102. The minimum atomic E-state index is -0.303. The second kappa shape index (κ2) is 8.60. The first-order chi connectivity index (χ1) is 13.1. The third-order valence-corrected chi connectivity index (χ3v) is 4.60. The lowest BCUT2D eigenvalue weighted by atomic mass is 10.1. The number of methoxy groups -OCH3 is 2. The highest BCUT2D eigenvalue weighted by molar-refractivity contribution is 9.10. The van der Waals surface area contributed by atoms with E-state index < -0.39 is 0 Å². The Morgan fingerprint density at radius 1 is 0.852 bits per heavy atom. The Kier molecular flexibility index (Phi) is 5.98. The molecular weight excluding hydrogens is 410 g/mol. The van der Waals surface area contributed by atoms with Crippen molar-refractivity contribution in [3.8, 4) is 23.0 Å². The number of nitrogens with one attached hydrogen (secondary N) is 1. The Balaban J connectivity index is 1.87. The molecule has 0 bridgehead atoms. The lowest BCUT2D eigenvalue weighted by Crippen LogP contribution is -2.13. The van der Waals surface area contributed by atoms with Gasteiger partial charge in [-0.05, 0) is 52.3 Å². The van der Waals surface area contributed by atoms with Gasteiger partial charge in [-0.25, -0.2) is 0 Å². The molecule has 0 heterocycles. The van der Waals surface area contributed by atoms with E-state index >= 15 is 0 Å². The van der Waals surface area contributed by atoms with Crippen LogP contribution in [0.4, 0.5) is 5.69 Å². The molecule has 0 atom stereocenters. The molecule has 0 saturated heterocycles. The molecule has 138 valence electrons. The van der Waals surface area contributed by atoms with Gasteiger partial charge in [-0.1, -0.05) is 30.3 Å². The molecule has 3 aromatic carbocycles. The van der Waals surface area contributed by atoms with Crippen molar-refractivity contribution in [1.82, 2.24) is 0 Å². The van der Waals surface area contributed by atoms with E-state index in [9.17, 15) is 4.79 Å². The Morgan fingerprint density at radius 2 is 1.44 bits per heavy atom. The van der Waals surface area contributed by atoms with Crippen molar-refractivity contribution >= 4 is 27.5 Å². The van der Waals surface area contributed by atoms with Gasteiger partial charge in [0.05, 0.1) is 19.9 Å². The first kappa shape index (κ1) is 18.8. The Bertz CT molecular complexity index is 919. The number of benzene rings is 3. The Morgan fingerprint density at radius 3 is 2.07 bits per heavy atom. The maximum absolute atomic E-state index is 12.8. The number of carbonyl (C=O) groups excluding carboxylic acids is 1. The van der Waals surface area contributed by atoms with Gasteiger partial charge in [0.1, 0.15) is 21.7 Å². The molecule has 27 heavy (non-hydrogen) atoms. The van der Waals surface area contributed by atoms with Crippen molar-refractivity contribution in [3.05, 3.63) is 76.8 Å². The molecule has 0 aliphatic rings. The molecule has 5 nitrogen and oxygen atoms in total. The molecule has 3 rings (SSSR count). The van der Waals surface area contributed by atoms with Gasteiger partial charge in [0.2, 0.25) is 0 Å². The van der Waals surface area contributed by atoms with Crippen LogP contribution in [0.3, 0.4) is 0 Å². The molecule has 0 saturated carbocycles. The highest BCUT2D eigenvalue weighted by atomic mass is 79.9. The van der Waals surface area contributed by atoms with Crippen LogP contribution in [0.25, 0.3) is 0 Å². The van der Waals surface area contributed by atoms with Crippen molar-refractivity contribution in [2.45, 2.75) is 0 Å². The molecule has 0 unspecified atom stereocenters. The SMILES string of the molecule is COc1cc(C(=O)Nc2ccccc2Oc2ccccc2)cc(OC)c1Br.